The van der Waals surface area contributed by atoms with Crippen LogP contribution in [0.25, 0.3) is 0 Å². The summed E-state index contributed by atoms with van der Waals surface area (Å²) < 4.78 is 12.6. The Morgan fingerprint density at radius 2 is 2.00 bits per heavy atom. The maximum Gasteiger partial charge on any atom is 0.123 e. The molecule has 0 aromatic heterocycles. The van der Waals surface area contributed by atoms with Gasteiger partial charge < -0.3 is 5.32 Å². The van der Waals surface area contributed by atoms with Crippen molar-refractivity contribution >= 4 is 11.6 Å². The summed E-state index contributed by atoms with van der Waals surface area (Å²) >= 11 is 5.98. The average Bonchev–Trinajstić information content (AvgIpc) is 2.26. The zero-order chi connectivity index (χ0) is 11.1. The molecule has 0 saturated carbocycles. The third-order valence-electron chi connectivity index (χ3n) is 2.32. The van der Waals surface area contributed by atoms with E-state index in [-0.39, 0.29) is 11.2 Å². The molecular weight excluding hydrogens is 213 g/mol. The van der Waals surface area contributed by atoms with Crippen LogP contribution in [0.1, 0.15) is 25.3 Å². The Morgan fingerprint density at radius 3 is 2.60 bits per heavy atom. The van der Waals surface area contributed by atoms with Crippen LogP contribution in [0.4, 0.5) is 4.39 Å². The van der Waals surface area contributed by atoms with Gasteiger partial charge in [0.25, 0.3) is 0 Å². The van der Waals surface area contributed by atoms with E-state index in [0.29, 0.717) is 0 Å². The van der Waals surface area contributed by atoms with Crippen LogP contribution in [0.15, 0.2) is 24.3 Å². The first-order valence-electron chi connectivity index (χ1n) is 5.31. The van der Waals surface area contributed by atoms with E-state index in [1.54, 1.807) is 12.1 Å². The van der Waals surface area contributed by atoms with Gasteiger partial charge in [0.05, 0.1) is 0 Å². The molecule has 1 rings (SSSR count). The first-order valence-corrected chi connectivity index (χ1v) is 5.75. The van der Waals surface area contributed by atoms with Gasteiger partial charge in [0.1, 0.15) is 5.82 Å². The molecule has 0 heterocycles. The Morgan fingerprint density at radius 1 is 1.33 bits per heavy atom. The molecule has 1 aromatic carbocycles. The van der Waals surface area contributed by atoms with Crippen LogP contribution in [-0.4, -0.2) is 11.9 Å². The van der Waals surface area contributed by atoms with Crippen LogP contribution in [0.2, 0.25) is 0 Å². The van der Waals surface area contributed by atoms with E-state index < -0.39 is 0 Å². The second-order valence-electron chi connectivity index (χ2n) is 3.60. The zero-order valence-electron chi connectivity index (χ0n) is 8.97. The first-order chi connectivity index (χ1) is 7.22. The van der Waals surface area contributed by atoms with Crippen molar-refractivity contribution in [1.29, 1.82) is 0 Å². The molecule has 0 spiro atoms. The molecule has 3 heteroatoms. The van der Waals surface area contributed by atoms with Crippen LogP contribution in [-0.2, 0) is 6.54 Å². The second kappa shape index (κ2) is 6.81. The third-order valence-corrected chi connectivity index (χ3v) is 2.85. The Balaban J connectivity index is 2.17. The van der Waals surface area contributed by atoms with Gasteiger partial charge in [-0.05, 0) is 37.1 Å². The summed E-state index contributed by atoms with van der Waals surface area (Å²) in [7, 11) is 0. The third kappa shape index (κ3) is 5.14. The summed E-state index contributed by atoms with van der Waals surface area (Å²) in [6.07, 6.45) is 1.97. The van der Waals surface area contributed by atoms with Gasteiger partial charge in [-0.1, -0.05) is 19.1 Å². The number of hydrogen-bond donors (Lipinski definition) is 1. The van der Waals surface area contributed by atoms with Gasteiger partial charge in [0.15, 0.2) is 0 Å². The monoisotopic (exact) mass is 229 g/mol. The second-order valence-corrected chi connectivity index (χ2v) is 4.21. The smallest absolute Gasteiger partial charge is 0.123 e. The number of hydrogen-bond acceptors (Lipinski definition) is 1. The van der Waals surface area contributed by atoms with Crippen molar-refractivity contribution in [3.63, 3.8) is 0 Å². The van der Waals surface area contributed by atoms with E-state index in [9.17, 15) is 4.39 Å². The maximum absolute atomic E-state index is 12.6. The average molecular weight is 230 g/mol. The van der Waals surface area contributed by atoms with Crippen molar-refractivity contribution in [3.8, 4) is 0 Å². The van der Waals surface area contributed by atoms with E-state index in [2.05, 4.69) is 12.2 Å². The quantitative estimate of drug-likeness (QED) is 0.583. The minimum absolute atomic E-state index is 0.189. The molecule has 0 fully saturated rings. The summed E-state index contributed by atoms with van der Waals surface area (Å²) in [4.78, 5) is 0. The Kier molecular flexibility index (Phi) is 5.66. The summed E-state index contributed by atoms with van der Waals surface area (Å²) in [5.41, 5.74) is 1.10. The standard InChI is InChI=1S/C12H17ClFN/c1-2-11(13)7-8-15-9-10-3-5-12(14)6-4-10/h3-6,11,15H,2,7-9H2,1H3. The molecule has 0 aliphatic carbocycles. The van der Waals surface area contributed by atoms with Gasteiger partial charge >= 0.3 is 0 Å². The van der Waals surface area contributed by atoms with Crippen LogP contribution >= 0.6 is 11.6 Å². The van der Waals surface area contributed by atoms with Crippen LogP contribution in [0.3, 0.4) is 0 Å². The van der Waals surface area contributed by atoms with Gasteiger partial charge in [0.2, 0.25) is 0 Å². The molecule has 84 valence electrons. The molecular formula is C12H17ClFN. The fraction of sp³-hybridized carbons (Fsp3) is 0.500. The van der Waals surface area contributed by atoms with Gasteiger partial charge in [-0.2, -0.15) is 0 Å². The molecule has 15 heavy (non-hydrogen) atoms. The summed E-state index contributed by atoms with van der Waals surface area (Å²) in [5.74, 6) is -0.189. The fourth-order valence-corrected chi connectivity index (χ4v) is 1.41. The van der Waals surface area contributed by atoms with Gasteiger partial charge in [-0.3, -0.25) is 0 Å². The predicted octanol–water partition coefficient (Wildman–Crippen LogP) is 3.32. The highest BCUT2D eigenvalue weighted by molar-refractivity contribution is 6.20. The van der Waals surface area contributed by atoms with Crippen LogP contribution < -0.4 is 5.32 Å². The summed E-state index contributed by atoms with van der Waals surface area (Å²) in [6, 6.07) is 6.54. The predicted molar refractivity (Wildman–Crippen MR) is 62.7 cm³/mol. The van der Waals surface area contributed by atoms with E-state index >= 15 is 0 Å². The molecule has 1 N–H and O–H groups in total. The minimum Gasteiger partial charge on any atom is -0.313 e. The molecule has 1 atom stereocenters. The maximum atomic E-state index is 12.6. The molecule has 0 bridgehead atoms. The Hall–Kier alpha value is -0.600. The van der Waals surface area contributed by atoms with E-state index in [1.807, 2.05) is 0 Å². The van der Waals surface area contributed by atoms with Gasteiger partial charge in [-0.15, -0.1) is 11.6 Å². The van der Waals surface area contributed by atoms with Crippen molar-refractivity contribution in [2.24, 2.45) is 0 Å². The molecule has 0 radical (unpaired) electrons. The van der Waals surface area contributed by atoms with Crippen LogP contribution in [0.5, 0.6) is 0 Å². The number of rotatable bonds is 6. The molecule has 1 unspecified atom stereocenters. The van der Waals surface area contributed by atoms with E-state index in [0.717, 1.165) is 31.5 Å². The van der Waals surface area contributed by atoms with Crippen molar-refractivity contribution < 1.29 is 4.39 Å². The highest BCUT2D eigenvalue weighted by Crippen LogP contribution is 2.05. The molecule has 0 aliphatic rings. The molecule has 1 aromatic rings. The largest absolute Gasteiger partial charge is 0.313 e. The van der Waals surface area contributed by atoms with Crippen molar-refractivity contribution in [1.82, 2.24) is 5.32 Å². The molecule has 0 saturated heterocycles. The number of alkyl halides is 1. The molecule has 0 aliphatic heterocycles. The van der Waals surface area contributed by atoms with Crippen molar-refractivity contribution in [3.05, 3.63) is 35.6 Å². The van der Waals surface area contributed by atoms with Crippen LogP contribution in [0, 0.1) is 5.82 Å². The highest BCUT2D eigenvalue weighted by Gasteiger charge is 2.00. The fourth-order valence-electron chi connectivity index (χ4n) is 1.30. The van der Waals surface area contributed by atoms with Gasteiger partial charge in [-0.25, -0.2) is 4.39 Å². The van der Waals surface area contributed by atoms with Crippen molar-refractivity contribution in [2.45, 2.75) is 31.7 Å². The first kappa shape index (κ1) is 12.5. The van der Waals surface area contributed by atoms with Gasteiger partial charge in [0, 0.05) is 11.9 Å². The lowest BCUT2D eigenvalue weighted by atomic mass is 10.2. The number of benzene rings is 1. The summed E-state index contributed by atoms with van der Waals surface area (Å²) in [5, 5.41) is 3.53. The lowest BCUT2D eigenvalue weighted by Crippen LogP contribution is -2.17. The Bertz CT molecular complexity index is 273. The zero-order valence-corrected chi connectivity index (χ0v) is 9.73. The molecule has 0 amide bonds. The lowest BCUT2D eigenvalue weighted by Gasteiger charge is -2.07. The lowest BCUT2D eigenvalue weighted by molar-refractivity contribution is 0.614. The van der Waals surface area contributed by atoms with E-state index in [4.69, 9.17) is 11.6 Å². The SMILES string of the molecule is CCC(Cl)CCNCc1ccc(F)cc1. The topological polar surface area (TPSA) is 12.0 Å². The van der Waals surface area contributed by atoms with Crippen molar-refractivity contribution in [2.75, 3.05) is 6.54 Å². The number of nitrogens with one attached hydrogen (secondary N) is 1. The normalized spacial score (nSPS) is 12.7. The number of halogens is 2. The summed E-state index contributed by atoms with van der Waals surface area (Å²) in [6.45, 7) is 3.75. The highest BCUT2D eigenvalue weighted by atomic mass is 35.5. The van der Waals surface area contributed by atoms with E-state index in [1.165, 1.54) is 12.1 Å². The molecule has 1 nitrogen and oxygen atoms in total. The minimum atomic E-state index is -0.189. The Labute approximate surface area is 95.6 Å².